The summed E-state index contributed by atoms with van der Waals surface area (Å²) >= 11 is 0. The summed E-state index contributed by atoms with van der Waals surface area (Å²) in [7, 11) is 0. The van der Waals surface area contributed by atoms with Crippen LogP contribution in [0.15, 0.2) is 91.1 Å². The summed E-state index contributed by atoms with van der Waals surface area (Å²) in [6.45, 7) is 12.7. The number of aryl methyl sites for hydroxylation is 3. The summed E-state index contributed by atoms with van der Waals surface area (Å²) in [5.41, 5.74) is 9.10. The molecule has 0 bridgehead atoms. The Morgan fingerprint density at radius 2 is 1.73 bits per heavy atom. The van der Waals surface area contributed by atoms with Gasteiger partial charge in [-0.2, -0.15) is 0 Å². The second kappa shape index (κ2) is 17.1. The molecule has 0 radical (unpaired) electrons. The van der Waals surface area contributed by atoms with Gasteiger partial charge < -0.3 is 19.9 Å². The van der Waals surface area contributed by atoms with Crippen molar-refractivity contribution in [1.29, 1.82) is 0 Å². The molecular weight excluding hydrogens is 645 g/mol. The van der Waals surface area contributed by atoms with Gasteiger partial charge in [-0.3, -0.25) is 14.6 Å². The number of benzene rings is 3. The minimum absolute atomic E-state index is 0.127. The fraction of sp³-hybridized carbons (Fsp3) is 0.400. The Hall–Kier alpha value is -4.91. The van der Waals surface area contributed by atoms with Gasteiger partial charge in [0.2, 0.25) is 5.91 Å². The van der Waals surface area contributed by atoms with Crippen LogP contribution >= 0.6 is 0 Å². The molecule has 2 aliphatic rings. The van der Waals surface area contributed by atoms with Gasteiger partial charge in [0.05, 0.1) is 12.6 Å². The number of hydrogen-bond donors (Lipinski definition) is 2. The number of amides is 2. The van der Waals surface area contributed by atoms with Gasteiger partial charge in [-0.25, -0.2) is 0 Å². The largest absolute Gasteiger partial charge is 0.494 e. The Morgan fingerprint density at radius 3 is 2.40 bits per heavy atom. The van der Waals surface area contributed by atoms with Crippen LogP contribution in [0.2, 0.25) is 0 Å². The number of rotatable bonds is 12. The maximum Gasteiger partial charge on any atom is 0.269 e. The van der Waals surface area contributed by atoms with Crippen molar-refractivity contribution in [2.75, 3.05) is 19.7 Å². The number of ether oxygens (including phenoxy) is 1. The molecule has 4 atom stereocenters. The third-order valence-electron chi connectivity index (χ3n) is 10.7. The maximum absolute atomic E-state index is 13.2. The number of aromatic nitrogens is 2. The molecule has 2 amide bonds. The van der Waals surface area contributed by atoms with Crippen LogP contribution in [0.5, 0.6) is 5.75 Å². The predicted octanol–water partition coefficient (Wildman–Crippen LogP) is 9.17. The lowest BCUT2D eigenvalue weighted by Crippen LogP contribution is -2.40. The molecule has 2 aromatic heterocycles. The smallest absolute Gasteiger partial charge is 0.269 e. The highest BCUT2D eigenvalue weighted by molar-refractivity contribution is 5.92. The molecular formula is C45H54N4O3. The zero-order chi connectivity index (χ0) is 36.6. The van der Waals surface area contributed by atoms with Crippen molar-refractivity contribution in [3.63, 3.8) is 0 Å². The average molecular weight is 699 g/mol. The van der Waals surface area contributed by atoms with E-state index in [1.54, 1.807) is 12.3 Å². The summed E-state index contributed by atoms with van der Waals surface area (Å²) in [5.74, 6) is 2.55. The number of pyridine rings is 1. The third-order valence-corrected chi connectivity index (χ3v) is 10.7. The van der Waals surface area contributed by atoms with Crippen LogP contribution in [0.1, 0.15) is 96.5 Å². The summed E-state index contributed by atoms with van der Waals surface area (Å²) in [4.78, 5) is 35.7. The Morgan fingerprint density at radius 1 is 0.981 bits per heavy atom. The molecule has 5 aromatic rings. The number of nitrogens with zero attached hydrogens (tertiary/aromatic N) is 2. The maximum atomic E-state index is 13.2. The first-order valence-corrected chi connectivity index (χ1v) is 19.1. The quantitative estimate of drug-likeness (QED) is 0.136. The van der Waals surface area contributed by atoms with Crippen LogP contribution in [0, 0.1) is 31.6 Å². The average Bonchev–Trinajstić information content (AvgIpc) is 3.78. The van der Waals surface area contributed by atoms with Crippen molar-refractivity contribution in [2.24, 2.45) is 17.8 Å². The fourth-order valence-electron chi connectivity index (χ4n) is 7.56. The van der Waals surface area contributed by atoms with Crippen LogP contribution in [-0.4, -0.2) is 46.4 Å². The van der Waals surface area contributed by atoms with Crippen molar-refractivity contribution in [3.8, 4) is 5.75 Å². The van der Waals surface area contributed by atoms with E-state index >= 15 is 0 Å². The van der Waals surface area contributed by atoms with Gasteiger partial charge in [0.1, 0.15) is 11.4 Å². The first kappa shape index (κ1) is 36.9. The summed E-state index contributed by atoms with van der Waals surface area (Å²) in [5, 5.41) is 4.35. The first-order chi connectivity index (χ1) is 25.2. The zero-order valence-corrected chi connectivity index (χ0v) is 31.5. The van der Waals surface area contributed by atoms with Gasteiger partial charge in [0.15, 0.2) is 0 Å². The van der Waals surface area contributed by atoms with Crippen LogP contribution in [0.3, 0.4) is 0 Å². The van der Waals surface area contributed by atoms with E-state index in [2.05, 4.69) is 105 Å². The highest BCUT2D eigenvalue weighted by Gasteiger charge is 2.39. The van der Waals surface area contributed by atoms with Gasteiger partial charge in [-0.1, -0.05) is 80.4 Å². The lowest BCUT2D eigenvalue weighted by molar-refractivity contribution is -0.133. The molecule has 3 heterocycles. The molecule has 272 valence electrons. The zero-order valence-electron chi connectivity index (χ0n) is 31.5. The Balaban J connectivity index is 0.000000451. The monoisotopic (exact) mass is 698 g/mol. The van der Waals surface area contributed by atoms with Crippen LogP contribution < -0.4 is 10.1 Å². The highest BCUT2D eigenvalue weighted by atomic mass is 16.5. The molecule has 7 heteroatoms. The topological polar surface area (TPSA) is 87.3 Å². The van der Waals surface area contributed by atoms with Crippen molar-refractivity contribution in [2.45, 2.75) is 79.2 Å². The first-order valence-electron chi connectivity index (χ1n) is 19.1. The summed E-state index contributed by atoms with van der Waals surface area (Å²) < 4.78 is 6.21. The van der Waals surface area contributed by atoms with Crippen molar-refractivity contribution in [3.05, 3.63) is 130 Å². The number of carbonyl (C=O) groups is 2. The lowest BCUT2D eigenvalue weighted by Gasteiger charge is -2.36. The highest BCUT2D eigenvalue weighted by Crippen LogP contribution is 2.45. The SMILES string of the molecule is CCCC(=O)N1CCc2c([nH]c3ccc(C)cc23)C1c1ccc(OCCC(CNC(=O)c2ccccn2)C2CC2C)cc1.CCc1ccc(C)cc1. The van der Waals surface area contributed by atoms with Gasteiger partial charge >= 0.3 is 0 Å². The molecule has 7 nitrogen and oxygen atoms in total. The Labute approximate surface area is 309 Å². The standard InChI is InChI=1S/C36H42N4O3.C9H12/c1-4-7-33(41)40-18-15-28-30-20-23(2)9-14-31(30)39-34(28)35(40)25-10-12-27(13-11-25)43-19-16-26(29-21-24(29)3)22-38-36(42)32-8-5-6-17-37-32;1-3-9-6-4-8(2)5-7-9/h5-6,8-14,17,20,24,26,29,35,39H,4,7,15-16,18-19,21-22H2,1-3H3,(H,38,42);4-7H,3H2,1-2H3. The predicted molar refractivity (Wildman–Crippen MR) is 210 cm³/mol. The van der Waals surface area contributed by atoms with Gasteiger partial charge in [0, 0.05) is 42.3 Å². The molecule has 3 aromatic carbocycles. The molecule has 1 aliphatic heterocycles. The molecule has 52 heavy (non-hydrogen) atoms. The molecule has 7 rings (SSSR count). The van der Waals surface area contributed by atoms with Crippen LogP contribution in [0.4, 0.5) is 0 Å². The number of carbonyl (C=O) groups excluding carboxylic acids is 2. The van der Waals surface area contributed by atoms with E-state index in [4.69, 9.17) is 4.74 Å². The second-order valence-electron chi connectivity index (χ2n) is 14.7. The minimum Gasteiger partial charge on any atom is -0.494 e. The van der Waals surface area contributed by atoms with E-state index in [-0.39, 0.29) is 17.9 Å². The number of hydrogen-bond acceptors (Lipinski definition) is 4. The van der Waals surface area contributed by atoms with E-state index in [0.717, 1.165) is 48.2 Å². The fourth-order valence-corrected chi connectivity index (χ4v) is 7.56. The summed E-state index contributed by atoms with van der Waals surface area (Å²) in [6, 6.07) is 28.7. The molecule has 0 spiro atoms. The molecule has 4 unspecified atom stereocenters. The van der Waals surface area contributed by atoms with Crippen molar-refractivity contribution < 1.29 is 14.3 Å². The Kier molecular flexibility index (Phi) is 12.1. The van der Waals surface area contributed by atoms with Gasteiger partial charge in [-0.05, 0) is 117 Å². The second-order valence-corrected chi connectivity index (χ2v) is 14.7. The number of nitrogens with one attached hydrogen (secondary N) is 2. The molecule has 2 N–H and O–H groups in total. The van der Waals surface area contributed by atoms with Crippen molar-refractivity contribution in [1.82, 2.24) is 20.2 Å². The third kappa shape index (κ3) is 8.93. The number of fused-ring (bicyclic) bond motifs is 3. The Bertz CT molecular complexity index is 1930. The van der Waals surface area contributed by atoms with E-state index in [0.29, 0.717) is 49.6 Å². The van der Waals surface area contributed by atoms with E-state index in [1.165, 1.54) is 34.1 Å². The van der Waals surface area contributed by atoms with Crippen LogP contribution in [0.25, 0.3) is 10.9 Å². The van der Waals surface area contributed by atoms with Crippen LogP contribution in [-0.2, 0) is 17.6 Å². The molecule has 1 saturated carbocycles. The van der Waals surface area contributed by atoms with E-state index in [1.807, 2.05) is 29.2 Å². The van der Waals surface area contributed by atoms with E-state index < -0.39 is 0 Å². The normalized spacial score (nSPS) is 18.2. The molecule has 1 aliphatic carbocycles. The number of aromatic amines is 1. The van der Waals surface area contributed by atoms with Gasteiger partial charge in [0.25, 0.3) is 5.91 Å². The van der Waals surface area contributed by atoms with Crippen molar-refractivity contribution >= 4 is 22.7 Å². The van der Waals surface area contributed by atoms with Gasteiger partial charge in [-0.15, -0.1) is 0 Å². The number of H-pyrrole nitrogens is 1. The summed E-state index contributed by atoms with van der Waals surface area (Å²) in [6.07, 6.45) is 7.09. The minimum atomic E-state index is -0.145. The molecule has 0 saturated heterocycles. The lowest BCUT2D eigenvalue weighted by atomic mass is 9.91. The van der Waals surface area contributed by atoms with E-state index in [9.17, 15) is 9.59 Å². The molecule has 1 fully saturated rings.